The van der Waals surface area contributed by atoms with E-state index in [2.05, 4.69) is 4.74 Å². The summed E-state index contributed by atoms with van der Waals surface area (Å²) >= 11 is 0. The van der Waals surface area contributed by atoms with E-state index >= 15 is 0 Å². The number of carbonyl (C=O) groups is 2. The Morgan fingerprint density at radius 2 is 2.11 bits per heavy atom. The van der Waals surface area contributed by atoms with E-state index in [9.17, 15) is 14.7 Å². The number of nitrogens with two attached hydrogens (primary N) is 1. The Morgan fingerprint density at radius 3 is 2.67 bits per heavy atom. The molecule has 104 valence electrons. The van der Waals surface area contributed by atoms with Crippen molar-refractivity contribution >= 4 is 11.9 Å². The number of nitrogens with one attached hydrogen (secondary N) is 1. The predicted molar refractivity (Wildman–Crippen MR) is 58.6 cm³/mol. The summed E-state index contributed by atoms with van der Waals surface area (Å²) in [7, 11) is 1.24. The lowest BCUT2D eigenvalue weighted by Crippen LogP contribution is -3.16. The van der Waals surface area contributed by atoms with Crippen LogP contribution in [0.5, 0.6) is 0 Å². The van der Waals surface area contributed by atoms with Gasteiger partial charge in [0.2, 0.25) is 0 Å². The number of morpholine rings is 1. The van der Waals surface area contributed by atoms with E-state index in [1.54, 1.807) is 5.32 Å². The van der Waals surface area contributed by atoms with Gasteiger partial charge in [-0.2, -0.15) is 0 Å². The van der Waals surface area contributed by atoms with Crippen molar-refractivity contribution in [3.8, 4) is 0 Å². The molecule has 1 fully saturated rings. The molecule has 0 saturated carbocycles. The second-order valence-electron chi connectivity index (χ2n) is 4.34. The Labute approximate surface area is 106 Å². The molecular weight excluding hydrogens is 240 g/mol. The third-order valence-electron chi connectivity index (χ3n) is 3.07. The van der Waals surface area contributed by atoms with Gasteiger partial charge in [0, 0.05) is 0 Å². The van der Waals surface area contributed by atoms with E-state index in [0.29, 0.717) is 6.54 Å². The van der Waals surface area contributed by atoms with Crippen molar-refractivity contribution in [2.45, 2.75) is 12.5 Å². The largest absolute Gasteiger partial charge is 0.544 e. The molecule has 1 heterocycles. The van der Waals surface area contributed by atoms with Crippen LogP contribution in [-0.4, -0.2) is 64.5 Å². The molecule has 1 rings (SSSR count). The lowest BCUT2D eigenvalue weighted by Gasteiger charge is -2.24. The average molecular weight is 261 g/mol. The van der Waals surface area contributed by atoms with Crippen molar-refractivity contribution in [1.82, 2.24) is 0 Å². The molecule has 0 aliphatic carbocycles. The number of carboxylic acid groups (broad SMARTS) is 1. The summed E-state index contributed by atoms with van der Waals surface area (Å²) in [6.07, 6.45) is -0.155. The van der Waals surface area contributed by atoms with E-state index in [4.69, 9.17) is 4.74 Å². The number of carboxylic acids is 1. The molecule has 1 aliphatic rings. The molecule has 7 nitrogen and oxygen atoms in total. The number of carbonyl (C=O) groups excluding carboxylic acids is 2. The van der Waals surface area contributed by atoms with Crippen LogP contribution in [0, 0.1) is 0 Å². The Morgan fingerprint density at radius 1 is 1.44 bits per heavy atom. The van der Waals surface area contributed by atoms with Gasteiger partial charge in [-0.05, 0) is 0 Å². The minimum atomic E-state index is -1.22. The molecule has 3 N–H and O–H groups in total. The fourth-order valence-electron chi connectivity index (χ4n) is 1.92. The number of quaternary nitrogens is 2. The van der Waals surface area contributed by atoms with Gasteiger partial charge in [-0.25, -0.2) is 0 Å². The van der Waals surface area contributed by atoms with E-state index in [1.807, 2.05) is 0 Å². The molecule has 0 unspecified atom stereocenters. The van der Waals surface area contributed by atoms with Gasteiger partial charge in [0.15, 0.2) is 0 Å². The topological polar surface area (TPSA) is 96.7 Å². The highest BCUT2D eigenvalue weighted by Crippen LogP contribution is 1.87. The van der Waals surface area contributed by atoms with Gasteiger partial charge in [0.25, 0.3) is 0 Å². The van der Waals surface area contributed by atoms with Crippen molar-refractivity contribution < 1.29 is 34.4 Å². The maximum Gasteiger partial charge on any atom is 0.311 e. The molecule has 0 bridgehead atoms. The van der Waals surface area contributed by atoms with Crippen LogP contribution in [0.4, 0.5) is 0 Å². The summed E-state index contributed by atoms with van der Waals surface area (Å²) < 4.78 is 9.69. The number of rotatable bonds is 7. The molecule has 0 aromatic carbocycles. The molecule has 0 aromatic rings. The van der Waals surface area contributed by atoms with Crippen LogP contribution in [0.2, 0.25) is 0 Å². The summed E-state index contributed by atoms with van der Waals surface area (Å²) in [5.74, 6) is -1.75. The summed E-state index contributed by atoms with van der Waals surface area (Å²) in [5, 5.41) is 12.5. The van der Waals surface area contributed by atoms with Crippen molar-refractivity contribution in [2.24, 2.45) is 0 Å². The fourth-order valence-corrected chi connectivity index (χ4v) is 1.92. The van der Waals surface area contributed by atoms with Crippen LogP contribution in [0.15, 0.2) is 0 Å². The van der Waals surface area contributed by atoms with Gasteiger partial charge in [0.1, 0.15) is 38.6 Å². The molecule has 1 atom stereocenters. The summed E-state index contributed by atoms with van der Waals surface area (Å²) in [6, 6.07) is -0.863. The summed E-state index contributed by atoms with van der Waals surface area (Å²) in [5.41, 5.74) is 0. The highest BCUT2D eigenvalue weighted by molar-refractivity contribution is 5.78. The number of hydrogen-bond acceptors (Lipinski definition) is 5. The third kappa shape index (κ3) is 5.44. The highest BCUT2D eigenvalue weighted by Gasteiger charge is 2.20. The first-order valence-corrected chi connectivity index (χ1v) is 6.15. The number of hydrogen-bond donors (Lipinski definition) is 2. The van der Waals surface area contributed by atoms with Gasteiger partial charge < -0.3 is 29.6 Å². The van der Waals surface area contributed by atoms with E-state index in [1.165, 1.54) is 12.0 Å². The molecule has 0 radical (unpaired) electrons. The van der Waals surface area contributed by atoms with Crippen LogP contribution < -0.4 is 15.3 Å². The van der Waals surface area contributed by atoms with Gasteiger partial charge in [-0.1, -0.05) is 0 Å². The van der Waals surface area contributed by atoms with Gasteiger partial charge in [-0.3, -0.25) is 4.79 Å². The van der Waals surface area contributed by atoms with Crippen molar-refractivity contribution in [3.63, 3.8) is 0 Å². The Balaban J connectivity index is 2.24. The van der Waals surface area contributed by atoms with Gasteiger partial charge in [0.05, 0.1) is 26.3 Å². The zero-order valence-electron chi connectivity index (χ0n) is 10.6. The van der Waals surface area contributed by atoms with Gasteiger partial charge >= 0.3 is 5.97 Å². The first-order chi connectivity index (χ1) is 8.63. The van der Waals surface area contributed by atoms with E-state index in [0.717, 1.165) is 32.8 Å². The molecule has 18 heavy (non-hydrogen) atoms. The Hall–Kier alpha value is -1.18. The Bertz CT molecular complexity index is 279. The quantitative estimate of drug-likeness (QED) is 0.448. The van der Waals surface area contributed by atoms with Crippen molar-refractivity contribution in [3.05, 3.63) is 0 Å². The number of aliphatic carboxylic acids is 1. The molecule has 7 heteroatoms. The maximum absolute atomic E-state index is 11.0. The van der Waals surface area contributed by atoms with E-state index < -0.39 is 18.0 Å². The standard InChI is InChI=1S/C11H20N2O5/c1-17-10(14)8-9(11(15)16)12-2-3-13-4-6-18-7-5-13/h9,12H,2-8H2,1H3,(H,15,16)/p+1/t9-/m0/s1. The van der Waals surface area contributed by atoms with Crippen LogP contribution in [0.1, 0.15) is 6.42 Å². The molecule has 0 amide bonds. The number of esters is 1. The molecular formula is C11H21N2O5+. The molecule has 1 saturated heterocycles. The van der Waals surface area contributed by atoms with Crippen LogP contribution in [-0.2, 0) is 19.1 Å². The molecule has 0 aromatic heterocycles. The summed E-state index contributed by atoms with van der Waals surface area (Å²) in [4.78, 5) is 23.3. The minimum Gasteiger partial charge on any atom is -0.544 e. The normalized spacial score (nSPS) is 18.3. The summed E-state index contributed by atoms with van der Waals surface area (Å²) in [6.45, 7) is 4.89. The zero-order chi connectivity index (χ0) is 13.4. The first kappa shape index (κ1) is 14.9. The van der Waals surface area contributed by atoms with E-state index in [-0.39, 0.29) is 6.42 Å². The maximum atomic E-state index is 11.0. The average Bonchev–Trinajstić information content (AvgIpc) is 2.38. The van der Waals surface area contributed by atoms with Crippen molar-refractivity contribution in [2.75, 3.05) is 46.5 Å². The minimum absolute atomic E-state index is 0.155. The SMILES string of the molecule is COC(=O)C[C@H]([NH2+]CC[NH+]1CCOCC1)C(=O)[O-]. The molecule has 1 aliphatic heterocycles. The lowest BCUT2D eigenvalue weighted by molar-refractivity contribution is -0.920. The predicted octanol–water partition coefficient (Wildman–Crippen LogP) is -4.85. The Kier molecular flexibility index (Phi) is 6.63. The van der Waals surface area contributed by atoms with Crippen LogP contribution >= 0.6 is 0 Å². The highest BCUT2D eigenvalue weighted by atomic mass is 16.5. The fraction of sp³-hybridized carbons (Fsp3) is 0.818. The third-order valence-corrected chi connectivity index (χ3v) is 3.07. The monoisotopic (exact) mass is 261 g/mol. The number of methoxy groups -OCH3 is 1. The lowest BCUT2D eigenvalue weighted by atomic mass is 10.2. The second-order valence-corrected chi connectivity index (χ2v) is 4.34. The smallest absolute Gasteiger partial charge is 0.311 e. The molecule has 0 spiro atoms. The second kappa shape index (κ2) is 8.02. The first-order valence-electron chi connectivity index (χ1n) is 6.15. The van der Waals surface area contributed by atoms with Crippen LogP contribution in [0.3, 0.4) is 0 Å². The number of ether oxygens (including phenoxy) is 2. The van der Waals surface area contributed by atoms with Crippen molar-refractivity contribution in [1.29, 1.82) is 0 Å². The van der Waals surface area contributed by atoms with Crippen LogP contribution in [0.25, 0.3) is 0 Å². The van der Waals surface area contributed by atoms with Gasteiger partial charge in [-0.15, -0.1) is 0 Å². The zero-order valence-corrected chi connectivity index (χ0v) is 10.6.